The largest absolute Gasteiger partial charge is 0.406 e. The molecule has 1 N–H and O–H groups in total. The summed E-state index contributed by atoms with van der Waals surface area (Å²) in [6.45, 7) is 9.05. The molecule has 2 heterocycles. The van der Waals surface area contributed by atoms with E-state index in [2.05, 4.69) is 79.6 Å². The van der Waals surface area contributed by atoms with Crippen LogP contribution in [-0.4, -0.2) is 54.6 Å². The first-order valence-corrected chi connectivity index (χ1v) is 14.5. The van der Waals surface area contributed by atoms with Gasteiger partial charge in [0.2, 0.25) is 5.91 Å². The van der Waals surface area contributed by atoms with Crippen molar-refractivity contribution in [3.05, 3.63) is 83.4 Å². The number of likely N-dealkylation sites (N-methyl/N-ethyl adjacent to an activating group) is 1. The fourth-order valence-electron chi connectivity index (χ4n) is 5.12. The van der Waals surface area contributed by atoms with Crippen molar-refractivity contribution in [3.8, 4) is 0 Å². The molecule has 0 radical (unpaired) electrons. The van der Waals surface area contributed by atoms with Crippen LogP contribution in [0.2, 0.25) is 5.04 Å². The number of amides is 1. The maximum absolute atomic E-state index is 12.5. The number of aromatic nitrogens is 2. The molecule has 37 heavy (non-hydrogen) atoms. The van der Waals surface area contributed by atoms with Gasteiger partial charge >= 0.3 is 5.69 Å². The van der Waals surface area contributed by atoms with Gasteiger partial charge < -0.3 is 9.74 Å². The summed E-state index contributed by atoms with van der Waals surface area (Å²) in [6.07, 6.45) is 2.16. The van der Waals surface area contributed by atoms with Crippen LogP contribution < -0.4 is 21.4 Å². The van der Waals surface area contributed by atoms with Gasteiger partial charge in [0.05, 0.1) is 25.3 Å². The molecule has 0 aliphatic carbocycles. The molecule has 1 amide bonds. The van der Waals surface area contributed by atoms with Crippen LogP contribution in [0.3, 0.4) is 0 Å². The molecule has 4 rings (SSSR count). The topological polar surface area (TPSA) is 85.7 Å². The Bertz CT molecular complexity index is 1220. The molecule has 0 unspecified atom stereocenters. The SMILES string of the molecule is CC(=O)Nc1ccn(C[C@H]2C[C@@H](CO[Si](c3ccccc3)(c3ccccc3)C(C)(C)C)N(C)O2)c(=O)n1. The van der Waals surface area contributed by atoms with Crippen LogP contribution in [0.15, 0.2) is 77.7 Å². The van der Waals surface area contributed by atoms with Crippen molar-refractivity contribution in [2.75, 3.05) is 19.0 Å². The standard InChI is InChI=1S/C28H36N4O4Si/c1-21(33)29-26-16-17-32(27(34)30-26)19-23-18-22(31(5)36-23)20-35-37(28(2,3)4,24-12-8-6-9-13-24)25-14-10-7-11-15-25/h6-17,22-23H,18-20H2,1-5H3,(H,29,30,33,34)/t22-,23+/m0/s1. The van der Waals surface area contributed by atoms with Crippen molar-refractivity contribution in [2.24, 2.45) is 0 Å². The predicted molar refractivity (Wildman–Crippen MR) is 147 cm³/mol. The number of anilines is 1. The van der Waals surface area contributed by atoms with Crippen LogP contribution in [0.4, 0.5) is 5.82 Å². The number of nitrogens with zero attached hydrogens (tertiary/aromatic N) is 3. The van der Waals surface area contributed by atoms with Gasteiger partial charge in [-0.1, -0.05) is 81.4 Å². The first kappa shape index (κ1) is 26.9. The highest BCUT2D eigenvalue weighted by molar-refractivity contribution is 6.99. The lowest BCUT2D eigenvalue weighted by molar-refractivity contribution is -0.150. The van der Waals surface area contributed by atoms with Gasteiger partial charge in [-0.25, -0.2) is 4.79 Å². The minimum Gasteiger partial charge on any atom is -0.406 e. The molecule has 0 bridgehead atoms. The molecule has 3 aromatic rings. The fourth-order valence-corrected chi connectivity index (χ4v) is 9.71. The van der Waals surface area contributed by atoms with E-state index in [0.29, 0.717) is 19.6 Å². The lowest BCUT2D eigenvalue weighted by Gasteiger charge is -2.43. The van der Waals surface area contributed by atoms with E-state index in [-0.39, 0.29) is 28.9 Å². The second-order valence-corrected chi connectivity index (χ2v) is 14.9. The second kappa shape index (κ2) is 11.1. The summed E-state index contributed by atoms with van der Waals surface area (Å²) >= 11 is 0. The van der Waals surface area contributed by atoms with Crippen molar-refractivity contribution in [2.45, 2.75) is 57.8 Å². The second-order valence-electron chi connectivity index (χ2n) is 10.6. The first-order valence-electron chi connectivity index (χ1n) is 12.6. The van der Waals surface area contributed by atoms with Gasteiger partial charge in [0.25, 0.3) is 8.32 Å². The van der Waals surface area contributed by atoms with Gasteiger partial charge in [-0.15, -0.1) is 0 Å². The number of nitrogens with one attached hydrogen (secondary N) is 1. The quantitative estimate of drug-likeness (QED) is 0.460. The third kappa shape index (κ3) is 5.91. The number of benzene rings is 2. The number of carbonyl (C=O) groups excluding carboxylic acids is 1. The number of rotatable bonds is 8. The molecule has 2 aromatic carbocycles. The van der Waals surface area contributed by atoms with Crippen molar-refractivity contribution < 1.29 is 14.1 Å². The average Bonchev–Trinajstić information content (AvgIpc) is 3.20. The highest BCUT2D eigenvalue weighted by Crippen LogP contribution is 2.37. The van der Waals surface area contributed by atoms with Gasteiger partial charge in [0.1, 0.15) is 5.82 Å². The van der Waals surface area contributed by atoms with E-state index in [0.717, 1.165) is 0 Å². The lowest BCUT2D eigenvalue weighted by atomic mass is 10.1. The van der Waals surface area contributed by atoms with Crippen LogP contribution in [-0.2, 0) is 20.6 Å². The van der Waals surface area contributed by atoms with E-state index in [4.69, 9.17) is 9.26 Å². The Kier molecular flexibility index (Phi) is 8.08. The Balaban J connectivity index is 1.53. The Morgan fingerprint density at radius 2 is 1.68 bits per heavy atom. The molecule has 0 spiro atoms. The van der Waals surface area contributed by atoms with Crippen molar-refractivity contribution in [1.82, 2.24) is 14.6 Å². The molecule has 1 aliphatic heterocycles. The number of hydrogen-bond acceptors (Lipinski definition) is 6. The maximum atomic E-state index is 12.5. The maximum Gasteiger partial charge on any atom is 0.349 e. The Hall–Kier alpha value is -3.11. The normalized spacial score (nSPS) is 18.6. The van der Waals surface area contributed by atoms with Gasteiger partial charge in [-0.05, 0) is 27.9 Å². The molecule has 1 aliphatic rings. The number of carbonyl (C=O) groups is 1. The summed E-state index contributed by atoms with van der Waals surface area (Å²) < 4.78 is 8.60. The smallest absolute Gasteiger partial charge is 0.349 e. The zero-order chi connectivity index (χ0) is 26.6. The summed E-state index contributed by atoms with van der Waals surface area (Å²) in [5, 5.41) is 6.76. The molecule has 1 fully saturated rings. The number of hydroxylamine groups is 2. The zero-order valence-electron chi connectivity index (χ0n) is 22.2. The fraction of sp³-hybridized carbons (Fsp3) is 0.393. The monoisotopic (exact) mass is 520 g/mol. The molecule has 196 valence electrons. The van der Waals surface area contributed by atoms with E-state index in [1.54, 1.807) is 12.3 Å². The minimum atomic E-state index is -2.65. The summed E-state index contributed by atoms with van der Waals surface area (Å²) in [5.74, 6) is -0.0241. The highest BCUT2D eigenvalue weighted by Gasteiger charge is 2.50. The van der Waals surface area contributed by atoms with Crippen LogP contribution >= 0.6 is 0 Å². The molecule has 1 aromatic heterocycles. The van der Waals surface area contributed by atoms with E-state index in [1.165, 1.54) is 21.9 Å². The zero-order valence-corrected chi connectivity index (χ0v) is 23.2. The average molecular weight is 521 g/mol. The van der Waals surface area contributed by atoms with E-state index < -0.39 is 14.0 Å². The molecule has 2 atom stereocenters. The summed E-state index contributed by atoms with van der Waals surface area (Å²) in [6, 6.07) is 22.8. The minimum absolute atomic E-state index is 0.0361. The number of hydrogen-bond donors (Lipinski definition) is 1. The third-order valence-corrected chi connectivity index (χ3v) is 11.9. The van der Waals surface area contributed by atoms with Gasteiger partial charge in [-0.2, -0.15) is 10.0 Å². The highest BCUT2D eigenvalue weighted by atomic mass is 28.4. The van der Waals surface area contributed by atoms with Crippen molar-refractivity contribution >= 4 is 30.4 Å². The van der Waals surface area contributed by atoms with Gasteiger partial charge in [0, 0.05) is 20.2 Å². The van der Waals surface area contributed by atoms with Crippen LogP contribution in [0.25, 0.3) is 0 Å². The van der Waals surface area contributed by atoms with Crippen molar-refractivity contribution in [3.63, 3.8) is 0 Å². The molecule has 8 nitrogen and oxygen atoms in total. The molecular formula is C28H36N4O4Si. The molecule has 9 heteroatoms. The summed E-state index contributed by atoms with van der Waals surface area (Å²) in [5.41, 5.74) is -0.426. The molecule has 0 saturated carbocycles. The first-order chi connectivity index (χ1) is 17.6. The van der Waals surface area contributed by atoms with Crippen LogP contribution in [0.5, 0.6) is 0 Å². The predicted octanol–water partition coefficient (Wildman–Crippen LogP) is 2.78. The Morgan fingerprint density at radius 3 is 2.19 bits per heavy atom. The van der Waals surface area contributed by atoms with Crippen LogP contribution in [0.1, 0.15) is 34.1 Å². The third-order valence-electron chi connectivity index (χ3n) is 6.85. The van der Waals surface area contributed by atoms with Gasteiger partial charge in [-0.3, -0.25) is 14.2 Å². The summed E-state index contributed by atoms with van der Waals surface area (Å²) in [4.78, 5) is 33.8. The van der Waals surface area contributed by atoms with E-state index in [9.17, 15) is 9.59 Å². The van der Waals surface area contributed by atoms with Crippen LogP contribution in [0, 0.1) is 0 Å². The van der Waals surface area contributed by atoms with E-state index in [1.807, 2.05) is 24.2 Å². The van der Waals surface area contributed by atoms with Crippen molar-refractivity contribution in [1.29, 1.82) is 0 Å². The molecule has 1 saturated heterocycles. The lowest BCUT2D eigenvalue weighted by Crippen LogP contribution is -2.67. The molecular weight excluding hydrogens is 484 g/mol. The van der Waals surface area contributed by atoms with E-state index >= 15 is 0 Å². The Labute approximate surface area is 219 Å². The Morgan fingerprint density at radius 1 is 1.08 bits per heavy atom. The van der Waals surface area contributed by atoms with Gasteiger partial charge in [0.15, 0.2) is 0 Å². The summed E-state index contributed by atoms with van der Waals surface area (Å²) in [7, 11) is -0.736.